The van der Waals surface area contributed by atoms with E-state index in [-0.39, 0.29) is 12.1 Å². The number of aryl methyl sites for hydroxylation is 1. The van der Waals surface area contributed by atoms with E-state index in [1.807, 2.05) is 42.7 Å². The molecule has 5 nitrogen and oxygen atoms in total. The number of hydrogen-bond acceptors (Lipinski definition) is 3. The first kappa shape index (κ1) is 22.4. The molecule has 2 aromatic carbocycles. The van der Waals surface area contributed by atoms with Crippen LogP contribution in [0.25, 0.3) is 16.5 Å². The molecule has 1 fully saturated rings. The standard InChI is InChI=1S/C30H27N5S/c1-20-18-25(21(2)35(20)27-15-9-11-22-10-3-4-13-24(22)27)29-28(26-14-6-8-17-32-26)33-30(36)34(29)19-23-12-5-7-16-31-23/h3-18,28-29H,19H2,1-2H3,(H,33,36)/t28-,29+/m1/s1. The number of aromatic nitrogens is 3. The highest BCUT2D eigenvalue weighted by molar-refractivity contribution is 7.80. The normalized spacial score (nSPS) is 17.5. The van der Waals surface area contributed by atoms with Gasteiger partial charge in [0.15, 0.2) is 5.11 Å². The second kappa shape index (κ2) is 9.21. The van der Waals surface area contributed by atoms with Gasteiger partial charge in [0.2, 0.25) is 0 Å². The van der Waals surface area contributed by atoms with Crippen LogP contribution < -0.4 is 5.32 Å². The molecule has 3 aromatic heterocycles. The Morgan fingerprint density at radius 1 is 0.861 bits per heavy atom. The summed E-state index contributed by atoms with van der Waals surface area (Å²) in [5, 5.41) is 6.76. The lowest BCUT2D eigenvalue weighted by molar-refractivity contribution is 0.307. The summed E-state index contributed by atoms with van der Waals surface area (Å²) in [5.74, 6) is 0. The molecule has 4 heterocycles. The summed E-state index contributed by atoms with van der Waals surface area (Å²) in [6, 6.07) is 29.3. The highest BCUT2D eigenvalue weighted by Crippen LogP contribution is 2.42. The third-order valence-electron chi connectivity index (χ3n) is 7.05. The van der Waals surface area contributed by atoms with Crippen LogP contribution in [0.3, 0.4) is 0 Å². The summed E-state index contributed by atoms with van der Waals surface area (Å²) in [6.07, 6.45) is 3.68. The van der Waals surface area contributed by atoms with Crippen LogP contribution in [0.2, 0.25) is 0 Å². The lowest BCUT2D eigenvalue weighted by Crippen LogP contribution is -2.29. The summed E-state index contributed by atoms with van der Waals surface area (Å²) in [5.41, 5.74) is 6.77. The first-order valence-corrected chi connectivity index (χ1v) is 12.6. The van der Waals surface area contributed by atoms with E-state index in [1.165, 1.54) is 33.4 Å². The molecule has 6 rings (SSSR count). The summed E-state index contributed by atoms with van der Waals surface area (Å²) in [4.78, 5) is 11.5. The van der Waals surface area contributed by atoms with E-state index in [0.717, 1.165) is 16.5 Å². The van der Waals surface area contributed by atoms with Gasteiger partial charge in [0.05, 0.1) is 35.7 Å². The molecule has 0 unspecified atom stereocenters. The van der Waals surface area contributed by atoms with Crippen molar-refractivity contribution in [1.29, 1.82) is 0 Å². The first-order chi connectivity index (χ1) is 17.6. The third-order valence-corrected chi connectivity index (χ3v) is 7.41. The molecule has 1 N–H and O–H groups in total. The second-order valence-electron chi connectivity index (χ2n) is 9.24. The number of hydrogen-bond donors (Lipinski definition) is 1. The van der Waals surface area contributed by atoms with Gasteiger partial charge in [-0.1, -0.05) is 48.5 Å². The zero-order chi connectivity index (χ0) is 24.6. The molecule has 36 heavy (non-hydrogen) atoms. The van der Waals surface area contributed by atoms with Crippen LogP contribution >= 0.6 is 12.2 Å². The van der Waals surface area contributed by atoms with Gasteiger partial charge < -0.3 is 14.8 Å². The molecular weight excluding hydrogens is 462 g/mol. The maximum Gasteiger partial charge on any atom is 0.170 e. The molecule has 0 spiro atoms. The summed E-state index contributed by atoms with van der Waals surface area (Å²) in [7, 11) is 0. The SMILES string of the molecule is Cc1cc([C@H]2[C@@H](c3ccccn3)NC(=S)N2Cc2ccccn2)c(C)n1-c1cccc2ccccc12. The van der Waals surface area contributed by atoms with Gasteiger partial charge in [-0.15, -0.1) is 0 Å². The van der Waals surface area contributed by atoms with E-state index < -0.39 is 0 Å². The van der Waals surface area contributed by atoms with Crippen LogP contribution in [-0.2, 0) is 6.54 Å². The van der Waals surface area contributed by atoms with Gasteiger partial charge in [0, 0.05) is 29.2 Å². The minimum Gasteiger partial charge on any atom is -0.352 e. The van der Waals surface area contributed by atoms with Gasteiger partial charge in [0.1, 0.15) is 0 Å². The Labute approximate surface area is 216 Å². The number of nitrogens with one attached hydrogen (secondary N) is 1. The molecule has 0 radical (unpaired) electrons. The third kappa shape index (κ3) is 3.84. The fourth-order valence-electron chi connectivity index (χ4n) is 5.44. The smallest absolute Gasteiger partial charge is 0.170 e. The first-order valence-electron chi connectivity index (χ1n) is 12.2. The maximum atomic E-state index is 5.89. The van der Waals surface area contributed by atoms with Crippen LogP contribution in [0.1, 0.15) is 40.4 Å². The number of pyridine rings is 2. The predicted octanol–water partition coefficient (Wildman–Crippen LogP) is 6.21. The monoisotopic (exact) mass is 489 g/mol. The van der Waals surface area contributed by atoms with Crippen LogP contribution in [0.5, 0.6) is 0 Å². The summed E-state index contributed by atoms with van der Waals surface area (Å²) in [6.45, 7) is 5.01. The van der Waals surface area contributed by atoms with Crippen LogP contribution in [0.4, 0.5) is 0 Å². The molecule has 6 heteroatoms. The average molecular weight is 490 g/mol. The van der Waals surface area contributed by atoms with Crippen LogP contribution in [0, 0.1) is 13.8 Å². The molecule has 178 valence electrons. The van der Waals surface area contributed by atoms with E-state index in [0.29, 0.717) is 6.54 Å². The zero-order valence-electron chi connectivity index (χ0n) is 20.3. The van der Waals surface area contributed by atoms with E-state index in [9.17, 15) is 0 Å². The Kier molecular flexibility index (Phi) is 5.74. The Hall–Kier alpha value is -4.03. The molecule has 0 bridgehead atoms. The topological polar surface area (TPSA) is 46.0 Å². The van der Waals surface area contributed by atoms with Crippen molar-refractivity contribution in [1.82, 2.24) is 24.8 Å². The van der Waals surface area contributed by atoms with Crippen molar-refractivity contribution in [2.45, 2.75) is 32.5 Å². The van der Waals surface area contributed by atoms with Crippen molar-refractivity contribution in [2.24, 2.45) is 0 Å². The molecule has 1 saturated heterocycles. The zero-order valence-corrected chi connectivity index (χ0v) is 21.1. The number of thiocarbonyl (C=S) groups is 1. The molecule has 0 aliphatic carbocycles. The lowest BCUT2D eigenvalue weighted by Gasteiger charge is -2.28. The fraction of sp³-hybridized carbons (Fsp3) is 0.167. The van der Waals surface area contributed by atoms with Crippen molar-refractivity contribution in [2.75, 3.05) is 0 Å². The Bertz CT molecular complexity index is 1540. The van der Waals surface area contributed by atoms with Gasteiger partial charge in [0.25, 0.3) is 0 Å². The number of rotatable bonds is 5. The second-order valence-corrected chi connectivity index (χ2v) is 9.62. The Balaban J connectivity index is 1.50. The van der Waals surface area contributed by atoms with E-state index >= 15 is 0 Å². The highest BCUT2D eigenvalue weighted by Gasteiger charge is 2.41. The Morgan fingerprint density at radius 2 is 1.61 bits per heavy atom. The van der Waals surface area contributed by atoms with Crippen molar-refractivity contribution in [3.8, 4) is 5.69 Å². The molecule has 1 aliphatic heterocycles. The number of benzene rings is 2. The van der Waals surface area contributed by atoms with E-state index in [4.69, 9.17) is 17.2 Å². The van der Waals surface area contributed by atoms with Crippen molar-refractivity contribution < 1.29 is 0 Å². The van der Waals surface area contributed by atoms with Crippen LogP contribution in [-0.4, -0.2) is 24.5 Å². The van der Waals surface area contributed by atoms with Crippen molar-refractivity contribution in [3.63, 3.8) is 0 Å². The fourth-order valence-corrected chi connectivity index (χ4v) is 5.75. The van der Waals surface area contributed by atoms with Gasteiger partial charge in [-0.2, -0.15) is 0 Å². The molecular formula is C30H27N5S. The van der Waals surface area contributed by atoms with Gasteiger partial charge in [-0.3, -0.25) is 9.97 Å². The molecule has 0 amide bonds. The van der Waals surface area contributed by atoms with Gasteiger partial charge in [-0.05, 0) is 73.4 Å². The quantitative estimate of drug-likeness (QED) is 0.297. The van der Waals surface area contributed by atoms with Crippen molar-refractivity contribution in [3.05, 3.63) is 126 Å². The number of nitrogens with zero attached hydrogens (tertiary/aromatic N) is 4. The Morgan fingerprint density at radius 3 is 2.39 bits per heavy atom. The summed E-state index contributed by atoms with van der Waals surface area (Å²) < 4.78 is 2.37. The maximum absolute atomic E-state index is 5.89. The highest BCUT2D eigenvalue weighted by atomic mass is 32.1. The van der Waals surface area contributed by atoms with Crippen molar-refractivity contribution >= 4 is 28.1 Å². The summed E-state index contributed by atoms with van der Waals surface area (Å²) >= 11 is 5.89. The van der Waals surface area contributed by atoms with E-state index in [1.54, 1.807) is 0 Å². The van der Waals surface area contributed by atoms with E-state index in [2.05, 4.69) is 88.2 Å². The number of fused-ring (bicyclic) bond motifs is 1. The molecule has 1 aliphatic rings. The lowest BCUT2D eigenvalue weighted by atomic mass is 9.96. The van der Waals surface area contributed by atoms with Gasteiger partial charge >= 0.3 is 0 Å². The predicted molar refractivity (Wildman–Crippen MR) is 148 cm³/mol. The molecule has 0 saturated carbocycles. The average Bonchev–Trinajstić information content (AvgIpc) is 3.39. The minimum absolute atomic E-state index is 0.0238. The largest absolute Gasteiger partial charge is 0.352 e. The van der Waals surface area contributed by atoms with Crippen LogP contribution in [0.15, 0.2) is 97.3 Å². The van der Waals surface area contributed by atoms with Gasteiger partial charge in [-0.25, -0.2) is 0 Å². The molecule has 2 atom stereocenters. The minimum atomic E-state index is -0.0659. The molecule has 5 aromatic rings.